The predicted octanol–water partition coefficient (Wildman–Crippen LogP) is 4.59. The lowest BCUT2D eigenvalue weighted by Gasteiger charge is -2.44. The van der Waals surface area contributed by atoms with Crippen molar-refractivity contribution < 1.29 is 0 Å². The van der Waals surface area contributed by atoms with Gasteiger partial charge in [-0.25, -0.2) is 0 Å². The summed E-state index contributed by atoms with van der Waals surface area (Å²) in [6.07, 6.45) is 2.61. The maximum Gasteiger partial charge on any atom is 0.0391 e. The number of rotatable bonds is 4. The van der Waals surface area contributed by atoms with Crippen LogP contribution in [0.5, 0.6) is 0 Å². The van der Waals surface area contributed by atoms with Crippen LogP contribution in [0, 0.1) is 5.92 Å². The Bertz CT molecular complexity index is 446. The standard InChI is InChI=1S/C16H24Br2N2/c1-11(2)20-8-4-5-13(10-19-3)16(20)12-6-7-14(17)15(18)9-12/h6-7,9,11,13,16,19H,4-5,8,10H2,1-3H3. The molecule has 2 nitrogen and oxygen atoms in total. The average molecular weight is 404 g/mol. The normalized spacial score (nSPS) is 24.3. The summed E-state index contributed by atoms with van der Waals surface area (Å²) in [7, 11) is 2.06. The van der Waals surface area contributed by atoms with Gasteiger partial charge < -0.3 is 5.32 Å². The fourth-order valence-corrected chi connectivity index (χ4v) is 3.96. The molecule has 2 rings (SSSR count). The van der Waals surface area contributed by atoms with E-state index in [1.807, 2.05) is 0 Å². The van der Waals surface area contributed by atoms with Crippen LogP contribution in [-0.4, -0.2) is 31.1 Å². The van der Waals surface area contributed by atoms with E-state index in [1.54, 1.807) is 0 Å². The van der Waals surface area contributed by atoms with E-state index in [0.717, 1.165) is 15.5 Å². The van der Waals surface area contributed by atoms with Crippen molar-refractivity contribution in [2.24, 2.45) is 5.92 Å². The van der Waals surface area contributed by atoms with Gasteiger partial charge in [0.15, 0.2) is 0 Å². The first-order chi connectivity index (χ1) is 9.54. The summed E-state index contributed by atoms with van der Waals surface area (Å²) in [6.45, 7) is 6.91. The van der Waals surface area contributed by atoms with Crippen molar-refractivity contribution in [1.82, 2.24) is 10.2 Å². The van der Waals surface area contributed by atoms with E-state index in [4.69, 9.17) is 0 Å². The van der Waals surface area contributed by atoms with Crippen LogP contribution in [0.1, 0.15) is 38.3 Å². The summed E-state index contributed by atoms with van der Waals surface area (Å²) in [5.74, 6) is 0.684. The first kappa shape index (κ1) is 16.5. The predicted molar refractivity (Wildman–Crippen MR) is 93.1 cm³/mol. The van der Waals surface area contributed by atoms with Gasteiger partial charge in [0.25, 0.3) is 0 Å². The monoisotopic (exact) mass is 402 g/mol. The van der Waals surface area contributed by atoms with E-state index < -0.39 is 0 Å². The molecule has 1 aliphatic rings. The summed E-state index contributed by atoms with van der Waals surface area (Å²) in [6, 6.07) is 7.80. The SMILES string of the molecule is CNCC1CCCN(C(C)C)C1c1ccc(Br)c(Br)c1. The van der Waals surface area contributed by atoms with Gasteiger partial charge in [0.05, 0.1) is 0 Å². The molecular formula is C16H24Br2N2. The van der Waals surface area contributed by atoms with Gasteiger partial charge in [-0.2, -0.15) is 0 Å². The first-order valence-electron chi connectivity index (χ1n) is 7.40. The zero-order valence-corrected chi connectivity index (χ0v) is 15.7. The molecule has 4 heteroatoms. The molecule has 112 valence electrons. The number of hydrogen-bond acceptors (Lipinski definition) is 2. The van der Waals surface area contributed by atoms with Crippen molar-refractivity contribution in [2.75, 3.05) is 20.1 Å². The van der Waals surface area contributed by atoms with Gasteiger partial charge in [0.1, 0.15) is 0 Å². The molecule has 20 heavy (non-hydrogen) atoms. The van der Waals surface area contributed by atoms with Crippen LogP contribution in [0.25, 0.3) is 0 Å². The molecule has 1 N–H and O–H groups in total. The minimum atomic E-state index is 0.514. The zero-order chi connectivity index (χ0) is 14.7. The van der Waals surface area contributed by atoms with Crippen molar-refractivity contribution in [3.05, 3.63) is 32.7 Å². The summed E-state index contributed by atoms with van der Waals surface area (Å²) in [4.78, 5) is 2.65. The average Bonchev–Trinajstić information content (AvgIpc) is 2.42. The largest absolute Gasteiger partial charge is 0.319 e. The van der Waals surface area contributed by atoms with E-state index in [9.17, 15) is 0 Å². The molecule has 2 unspecified atom stereocenters. The van der Waals surface area contributed by atoms with E-state index in [-0.39, 0.29) is 0 Å². The van der Waals surface area contributed by atoms with Gasteiger partial charge in [0.2, 0.25) is 0 Å². The Balaban J connectivity index is 2.35. The summed E-state index contributed by atoms with van der Waals surface area (Å²) >= 11 is 7.22. The molecule has 0 saturated carbocycles. The molecule has 1 saturated heterocycles. The minimum Gasteiger partial charge on any atom is -0.319 e. The lowest BCUT2D eigenvalue weighted by molar-refractivity contribution is 0.0635. The van der Waals surface area contributed by atoms with E-state index in [1.165, 1.54) is 24.9 Å². The fraction of sp³-hybridized carbons (Fsp3) is 0.625. The molecule has 1 fully saturated rings. The molecule has 0 bridgehead atoms. The third kappa shape index (κ3) is 3.65. The molecule has 2 atom stereocenters. The second kappa shape index (κ2) is 7.39. The Morgan fingerprint density at radius 2 is 2.05 bits per heavy atom. The molecule has 0 aliphatic carbocycles. The topological polar surface area (TPSA) is 15.3 Å². The van der Waals surface area contributed by atoms with Crippen molar-refractivity contribution in [1.29, 1.82) is 0 Å². The zero-order valence-electron chi connectivity index (χ0n) is 12.5. The van der Waals surface area contributed by atoms with Crippen molar-refractivity contribution in [3.8, 4) is 0 Å². The second-order valence-corrected chi connectivity index (χ2v) is 7.62. The number of piperidine rings is 1. The highest BCUT2D eigenvalue weighted by Crippen LogP contribution is 2.39. The van der Waals surface area contributed by atoms with Crippen molar-refractivity contribution in [2.45, 2.75) is 38.8 Å². The number of halogens is 2. The molecule has 0 radical (unpaired) electrons. The van der Waals surface area contributed by atoms with Crippen LogP contribution in [0.15, 0.2) is 27.1 Å². The quantitative estimate of drug-likeness (QED) is 0.790. The third-order valence-corrected chi connectivity index (χ3v) is 6.09. The molecule has 0 spiro atoms. The molecule has 1 aromatic rings. The number of hydrogen-bond donors (Lipinski definition) is 1. The van der Waals surface area contributed by atoms with Gasteiger partial charge in [-0.1, -0.05) is 6.07 Å². The van der Waals surface area contributed by atoms with Gasteiger partial charge >= 0.3 is 0 Å². The maximum absolute atomic E-state index is 3.65. The van der Waals surface area contributed by atoms with Crippen LogP contribution >= 0.6 is 31.9 Å². The van der Waals surface area contributed by atoms with Crippen molar-refractivity contribution in [3.63, 3.8) is 0 Å². The Labute approximate surface area is 139 Å². The van der Waals surface area contributed by atoms with E-state index in [2.05, 4.69) is 81.2 Å². The summed E-state index contributed by atoms with van der Waals surface area (Å²) in [5.41, 5.74) is 1.42. The number of nitrogens with one attached hydrogen (secondary N) is 1. The van der Waals surface area contributed by atoms with E-state index >= 15 is 0 Å². The molecule has 1 aromatic carbocycles. The Morgan fingerprint density at radius 3 is 2.65 bits per heavy atom. The highest BCUT2D eigenvalue weighted by Gasteiger charge is 2.33. The molecule has 1 heterocycles. The molecule has 1 aliphatic heterocycles. The molecular weight excluding hydrogens is 380 g/mol. The van der Waals surface area contributed by atoms with Crippen LogP contribution in [0.2, 0.25) is 0 Å². The highest BCUT2D eigenvalue weighted by molar-refractivity contribution is 9.13. The summed E-state index contributed by atoms with van der Waals surface area (Å²) in [5, 5.41) is 3.37. The summed E-state index contributed by atoms with van der Waals surface area (Å²) < 4.78 is 2.27. The number of likely N-dealkylation sites (tertiary alicyclic amines) is 1. The Kier molecular flexibility index (Phi) is 6.09. The number of nitrogens with zero attached hydrogens (tertiary/aromatic N) is 1. The third-order valence-electron chi connectivity index (χ3n) is 4.21. The van der Waals surface area contributed by atoms with Crippen LogP contribution in [0.3, 0.4) is 0 Å². The minimum absolute atomic E-state index is 0.514. The Hall–Kier alpha value is 0.1000. The smallest absolute Gasteiger partial charge is 0.0391 e. The molecule has 0 aromatic heterocycles. The van der Waals surface area contributed by atoms with Crippen LogP contribution in [-0.2, 0) is 0 Å². The Morgan fingerprint density at radius 1 is 1.30 bits per heavy atom. The number of benzene rings is 1. The van der Waals surface area contributed by atoms with Gasteiger partial charge in [-0.3, -0.25) is 4.90 Å². The van der Waals surface area contributed by atoms with Crippen LogP contribution in [0.4, 0.5) is 0 Å². The first-order valence-corrected chi connectivity index (χ1v) is 8.98. The van der Waals surface area contributed by atoms with Crippen molar-refractivity contribution >= 4 is 31.9 Å². The second-order valence-electron chi connectivity index (χ2n) is 5.91. The van der Waals surface area contributed by atoms with Gasteiger partial charge in [-0.05, 0) is 102 Å². The lowest BCUT2D eigenvalue weighted by atomic mass is 9.83. The molecule has 0 amide bonds. The highest BCUT2D eigenvalue weighted by atomic mass is 79.9. The fourth-order valence-electron chi connectivity index (χ4n) is 3.32. The van der Waals surface area contributed by atoms with Gasteiger partial charge in [-0.15, -0.1) is 0 Å². The van der Waals surface area contributed by atoms with E-state index in [0.29, 0.717) is 18.0 Å². The maximum atomic E-state index is 3.65. The van der Waals surface area contributed by atoms with Gasteiger partial charge in [0, 0.05) is 21.0 Å². The van der Waals surface area contributed by atoms with Crippen LogP contribution < -0.4 is 5.32 Å². The lowest BCUT2D eigenvalue weighted by Crippen LogP contribution is -2.45.